The minimum atomic E-state index is 0.0350. The van der Waals surface area contributed by atoms with Crippen molar-refractivity contribution < 1.29 is 4.79 Å². The number of nitrogens with zero attached hydrogens (tertiary/aromatic N) is 2. The Balaban J connectivity index is 1.35. The van der Waals surface area contributed by atoms with E-state index in [-0.39, 0.29) is 5.91 Å². The smallest absolute Gasteiger partial charge is 0.230 e. The minimum absolute atomic E-state index is 0.0350. The van der Waals surface area contributed by atoms with Gasteiger partial charge in [0.15, 0.2) is 5.16 Å². The lowest BCUT2D eigenvalue weighted by Gasteiger charge is -2.19. The Kier molecular flexibility index (Phi) is 5.95. The standard InChI is InChI=1S/C19H22N4OS/c1-23(15-8-3-2-4-9-15)13-7-12-20-18(24)14-25-19-21-16-10-5-6-11-17(16)22-19/h2-6,8-11H,7,12-14H2,1H3,(H,20,24)(H,21,22). The first-order valence-electron chi connectivity index (χ1n) is 8.33. The fraction of sp³-hybridized carbons (Fsp3) is 0.263. The Morgan fingerprint density at radius 2 is 1.92 bits per heavy atom. The molecule has 0 radical (unpaired) electrons. The van der Waals surface area contributed by atoms with Gasteiger partial charge in [-0.15, -0.1) is 0 Å². The first-order valence-corrected chi connectivity index (χ1v) is 9.31. The lowest BCUT2D eigenvalue weighted by atomic mass is 10.3. The van der Waals surface area contributed by atoms with Crippen molar-refractivity contribution in [3.63, 3.8) is 0 Å². The van der Waals surface area contributed by atoms with Gasteiger partial charge in [0.1, 0.15) is 0 Å². The zero-order valence-electron chi connectivity index (χ0n) is 14.2. The van der Waals surface area contributed by atoms with Gasteiger partial charge in [-0.05, 0) is 30.7 Å². The fourth-order valence-electron chi connectivity index (χ4n) is 2.54. The highest BCUT2D eigenvalue weighted by molar-refractivity contribution is 7.99. The van der Waals surface area contributed by atoms with Crippen LogP contribution in [0.2, 0.25) is 0 Å². The van der Waals surface area contributed by atoms with Crippen LogP contribution in [0.5, 0.6) is 0 Å². The van der Waals surface area contributed by atoms with Crippen LogP contribution in [0.4, 0.5) is 5.69 Å². The second kappa shape index (κ2) is 8.58. The number of anilines is 1. The van der Waals surface area contributed by atoms with E-state index in [0.29, 0.717) is 12.3 Å². The molecule has 1 heterocycles. The summed E-state index contributed by atoms with van der Waals surface area (Å²) >= 11 is 1.43. The van der Waals surface area contributed by atoms with Crippen molar-refractivity contribution in [3.8, 4) is 0 Å². The van der Waals surface area contributed by atoms with Crippen molar-refractivity contribution in [2.45, 2.75) is 11.6 Å². The molecule has 0 saturated heterocycles. The maximum atomic E-state index is 12.0. The molecule has 0 unspecified atom stereocenters. The highest BCUT2D eigenvalue weighted by atomic mass is 32.2. The normalized spacial score (nSPS) is 10.8. The highest BCUT2D eigenvalue weighted by Gasteiger charge is 2.07. The molecule has 1 amide bonds. The third-order valence-electron chi connectivity index (χ3n) is 3.90. The lowest BCUT2D eigenvalue weighted by Crippen LogP contribution is -2.29. The van der Waals surface area contributed by atoms with E-state index in [0.717, 1.165) is 29.2 Å². The third-order valence-corrected chi connectivity index (χ3v) is 4.77. The largest absolute Gasteiger partial charge is 0.375 e. The number of fused-ring (bicyclic) bond motifs is 1. The minimum Gasteiger partial charge on any atom is -0.375 e. The molecule has 130 valence electrons. The van der Waals surface area contributed by atoms with Gasteiger partial charge >= 0.3 is 0 Å². The number of imidazole rings is 1. The first-order chi connectivity index (χ1) is 12.2. The maximum absolute atomic E-state index is 12.0. The zero-order chi connectivity index (χ0) is 17.5. The molecule has 0 saturated carbocycles. The van der Waals surface area contributed by atoms with Gasteiger partial charge < -0.3 is 15.2 Å². The summed E-state index contributed by atoms with van der Waals surface area (Å²) in [7, 11) is 2.06. The van der Waals surface area contributed by atoms with Gasteiger partial charge in [0.05, 0.1) is 16.8 Å². The molecule has 1 aromatic heterocycles. The third kappa shape index (κ3) is 5.00. The number of aromatic nitrogens is 2. The highest BCUT2D eigenvalue weighted by Crippen LogP contribution is 2.18. The van der Waals surface area contributed by atoms with E-state index in [1.165, 1.54) is 17.4 Å². The summed E-state index contributed by atoms with van der Waals surface area (Å²) < 4.78 is 0. The number of H-pyrrole nitrogens is 1. The molecule has 0 bridgehead atoms. The molecule has 0 fully saturated rings. The van der Waals surface area contributed by atoms with Gasteiger partial charge in [-0.3, -0.25) is 4.79 Å². The number of aromatic amines is 1. The summed E-state index contributed by atoms with van der Waals surface area (Å²) in [6.45, 7) is 1.58. The predicted octanol–water partition coefficient (Wildman–Crippen LogP) is 3.30. The Hall–Kier alpha value is -2.47. The molecule has 0 atom stereocenters. The topological polar surface area (TPSA) is 61.0 Å². The Morgan fingerprint density at radius 3 is 2.72 bits per heavy atom. The van der Waals surface area contributed by atoms with E-state index < -0.39 is 0 Å². The molecule has 6 heteroatoms. The molecule has 0 aliphatic carbocycles. The average molecular weight is 354 g/mol. The summed E-state index contributed by atoms with van der Waals surface area (Å²) in [5.41, 5.74) is 3.11. The number of hydrogen-bond donors (Lipinski definition) is 2. The lowest BCUT2D eigenvalue weighted by molar-refractivity contribution is -0.118. The van der Waals surface area contributed by atoms with E-state index in [2.05, 4.69) is 39.4 Å². The van der Waals surface area contributed by atoms with Crippen LogP contribution < -0.4 is 10.2 Å². The number of benzene rings is 2. The van der Waals surface area contributed by atoms with Gasteiger partial charge in [-0.1, -0.05) is 42.1 Å². The molecule has 2 N–H and O–H groups in total. The Labute approximate surface area is 151 Å². The summed E-state index contributed by atoms with van der Waals surface area (Å²) in [6.07, 6.45) is 0.909. The zero-order valence-corrected chi connectivity index (χ0v) is 15.1. The van der Waals surface area contributed by atoms with Crippen molar-refractivity contribution in [1.82, 2.24) is 15.3 Å². The van der Waals surface area contributed by atoms with Gasteiger partial charge in [-0.25, -0.2) is 4.98 Å². The van der Waals surface area contributed by atoms with Crippen LogP contribution in [0.3, 0.4) is 0 Å². The predicted molar refractivity (Wildman–Crippen MR) is 104 cm³/mol. The van der Waals surface area contributed by atoms with Crippen molar-refractivity contribution in [3.05, 3.63) is 54.6 Å². The number of thioether (sulfide) groups is 1. The van der Waals surface area contributed by atoms with Gasteiger partial charge in [-0.2, -0.15) is 0 Å². The molecule has 0 aliphatic rings. The number of hydrogen-bond acceptors (Lipinski definition) is 4. The first kappa shape index (κ1) is 17.4. The average Bonchev–Trinajstić information content (AvgIpc) is 3.07. The Bertz CT molecular complexity index is 785. The Morgan fingerprint density at radius 1 is 1.16 bits per heavy atom. The van der Waals surface area contributed by atoms with Crippen LogP contribution in [-0.4, -0.2) is 41.8 Å². The van der Waals surface area contributed by atoms with E-state index in [1.54, 1.807) is 0 Å². The maximum Gasteiger partial charge on any atom is 0.230 e. The SMILES string of the molecule is CN(CCCNC(=O)CSc1nc2ccccc2[nH]1)c1ccccc1. The van der Waals surface area contributed by atoms with Crippen LogP contribution in [-0.2, 0) is 4.79 Å². The second-order valence-electron chi connectivity index (χ2n) is 5.81. The summed E-state index contributed by atoms with van der Waals surface area (Å²) in [4.78, 5) is 21.8. The van der Waals surface area contributed by atoms with E-state index in [9.17, 15) is 4.79 Å². The summed E-state index contributed by atoms with van der Waals surface area (Å²) in [6, 6.07) is 18.1. The van der Waals surface area contributed by atoms with E-state index in [1.807, 2.05) is 42.5 Å². The molecule has 5 nitrogen and oxygen atoms in total. The van der Waals surface area contributed by atoms with Gasteiger partial charge in [0.25, 0.3) is 0 Å². The molecular formula is C19H22N4OS. The molecular weight excluding hydrogens is 332 g/mol. The number of para-hydroxylation sites is 3. The fourth-order valence-corrected chi connectivity index (χ4v) is 3.25. The number of nitrogens with one attached hydrogen (secondary N) is 2. The molecule has 3 aromatic rings. The summed E-state index contributed by atoms with van der Waals surface area (Å²) in [5, 5.41) is 3.74. The molecule has 25 heavy (non-hydrogen) atoms. The number of carbonyl (C=O) groups is 1. The molecule has 3 rings (SSSR count). The number of carbonyl (C=O) groups excluding carboxylic acids is 1. The van der Waals surface area contributed by atoms with Crippen LogP contribution in [0.1, 0.15) is 6.42 Å². The van der Waals surface area contributed by atoms with Crippen molar-refractivity contribution in [1.29, 1.82) is 0 Å². The van der Waals surface area contributed by atoms with Crippen molar-refractivity contribution in [2.75, 3.05) is 30.8 Å². The van der Waals surface area contributed by atoms with Crippen LogP contribution in [0.15, 0.2) is 59.8 Å². The van der Waals surface area contributed by atoms with Gasteiger partial charge in [0, 0.05) is 25.8 Å². The van der Waals surface area contributed by atoms with E-state index in [4.69, 9.17) is 0 Å². The van der Waals surface area contributed by atoms with Crippen molar-refractivity contribution >= 4 is 34.4 Å². The summed E-state index contributed by atoms with van der Waals surface area (Å²) in [5.74, 6) is 0.404. The van der Waals surface area contributed by atoms with Crippen LogP contribution >= 0.6 is 11.8 Å². The molecule has 2 aromatic carbocycles. The van der Waals surface area contributed by atoms with E-state index >= 15 is 0 Å². The van der Waals surface area contributed by atoms with Gasteiger partial charge in [0.2, 0.25) is 5.91 Å². The van der Waals surface area contributed by atoms with Crippen LogP contribution in [0.25, 0.3) is 11.0 Å². The quantitative estimate of drug-likeness (QED) is 0.481. The van der Waals surface area contributed by atoms with Crippen molar-refractivity contribution in [2.24, 2.45) is 0 Å². The van der Waals surface area contributed by atoms with Crippen LogP contribution in [0, 0.1) is 0 Å². The number of rotatable bonds is 8. The molecule has 0 aliphatic heterocycles. The molecule has 0 spiro atoms. The number of amides is 1. The second-order valence-corrected chi connectivity index (χ2v) is 6.77. The monoisotopic (exact) mass is 354 g/mol.